The van der Waals surface area contributed by atoms with E-state index < -0.39 is 5.91 Å². The van der Waals surface area contributed by atoms with Gasteiger partial charge in [0, 0.05) is 24.8 Å². The number of fused-ring (bicyclic) bond motifs is 1. The van der Waals surface area contributed by atoms with Crippen LogP contribution >= 0.6 is 11.3 Å². The van der Waals surface area contributed by atoms with Gasteiger partial charge < -0.3 is 18.6 Å². The van der Waals surface area contributed by atoms with Gasteiger partial charge in [0.05, 0.1) is 29.0 Å². The number of aromatic nitrogens is 2. The lowest BCUT2D eigenvalue weighted by atomic mass is 10.1. The van der Waals surface area contributed by atoms with Gasteiger partial charge in [0.2, 0.25) is 0 Å². The molecule has 2 aromatic carbocycles. The first kappa shape index (κ1) is 22.6. The molecule has 170 valence electrons. The van der Waals surface area contributed by atoms with Crippen LogP contribution < -0.4 is 4.80 Å². The smallest absolute Gasteiger partial charge is 0.338 e. The number of carbonyl (C=O) groups excluding carboxylic acids is 2. The van der Waals surface area contributed by atoms with Crippen molar-refractivity contribution in [1.29, 1.82) is 0 Å². The highest BCUT2D eigenvalue weighted by Crippen LogP contribution is 2.22. The Morgan fingerprint density at radius 2 is 1.91 bits per heavy atom. The van der Waals surface area contributed by atoms with Gasteiger partial charge in [-0.2, -0.15) is 4.99 Å². The molecule has 2 heterocycles. The zero-order valence-electron chi connectivity index (χ0n) is 18.3. The summed E-state index contributed by atoms with van der Waals surface area (Å²) in [5.74, 6) is -0.406. The maximum absolute atomic E-state index is 12.9. The molecule has 4 rings (SSSR count). The molecule has 0 bridgehead atoms. The van der Waals surface area contributed by atoms with Crippen molar-refractivity contribution in [2.75, 3.05) is 19.8 Å². The Morgan fingerprint density at radius 3 is 2.67 bits per heavy atom. The summed E-state index contributed by atoms with van der Waals surface area (Å²) in [5.41, 5.74) is 2.24. The molecule has 0 radical (unpaired) electrons. The van der Waals surface area contributed by atoms with Crippen LogP contribution in [-0.4, -0.2) is 41.4 Å². The monoisotopic (exact) mass is 465 g/mol. The van der Waals surface area contributed by atoms with E-state index in [0.29, 0.717) is 42.5 Å². The lowest BCUT2D eigenvalue weighted by molar-refractivity contribution is 0.0526. The summed E-state index contributed by atoms with van der Waals surface area (Å²) in [4.78, 5) is 29.8. The van der Waals surface area contributed by atoms with Crippen LogP contribution in [0.2, 0.25) is 0 Å². The van der Waals surface area contributed by atoms with Gasteiger partial charge in [-0.05, 0) is 32.0 Å². The molecule has 0 unspecified atom stereocenters. The number of benzene rings is 2. The van der Waals surface area contributed by atoms with Crippen molar-refractivity contribution in [1.82, 2.24) is 9.72 Å². The van der Waals surface area contributed by atoms with Crippen molar-refractivity contribution < 1.29 is 23.6 Å². The molecule has 0 aliphatic heterocycles. The van der Waals surface area contributed by atoms with Crippen LogP contribution in [-0.2, 0) is 16.0 Å². The first-order chi connectivity index (χ1) is 16.1. The summed E-state index contributed by atoms with van der Waals surface area (Å²) in [6, 6.07) is 16.3. The van der Waals surface area contributed by atoms with E-state index in [9.17, 15) is 9.59 Å². The van der Waals surface area contributed by atoms with Crippen molar-refractivity contribution in [3.63, 3.8) is 0 Å². The van der Waals surface area contributed by atoms with E-state index in [-0.39, 0.29) is 11.7 Å². The van der Waals surface area contributed by atoms with Crippen molar-refractivity contribution in [3.8, 4) is 11.3 Å². The third-order valence-corrected chi connectivity index (χ3v) is 5.88. The third kappa shape index (κ3) is 5.10. The summed E-state index contributed by atoms with van der Waals surface area (Å²) in [5, 5.41) is 3.90. The number of amides is 1. The lowest BCUT2D eigenvalue weighted by Crippen LogP contribution is -2.19. The minimum atomic E-state index is -0.511. The molecule has 8 nitrogen and oxygen atoms in total. The number of nitrogens with zero attached hydrogens (tertiary/aromatic N) is 3. The molecular formula is C24H23N3O5S. The fourth-order valence-corrected chi connectivity index (χ4v) is 4.37. The van der Waals surface area contributed by atoms with Gasteiger partial charge in [-0.25, -0.2) is 4.79 Å². The summed E-state index contributed by atoms with van der Waals surface area (Å²) >= 11 is 1.31. The van der Waals surface area contributed by atoms with E-state index >= 15 is 0 Å². The molecule has 4 aromatic rings. The van der Waals surface area contributed by atoms with Crippen molar-refractivity contribution >= 4 is 33.4 Å². The summed E-state index contributed by atoms with van der Waals surface area (Å²) in [6.45, 7) is 5.54. The molecule has 0 fully saturated rings. The molecule has 0 atom stereocenters. The number of ether oxygens (including phenoxy) is 2. The molecule has 9 heteroatoms. The second-order valence-corrected chi connectivity index (χ2v) is 8.00. The van der Waals surface area contributed by atoms with Gasteiger partial charge in [0.1, 0.15) is 0 Å². The largest absolute Gasteiger partial charge is 0.462 e. The number of esters is 1. The van der Waals surface area contributed by atoms with E-state index in [0.717, 1.165) is 15.8 Å². The molecule has 0 aliphatic rings. The molecule has 0 saturated heterocycles. The highest BCUT2D eigenvalue weighted by Gasteiger charge is 2.16. The fraction of sp³-hybridized carbons (Fsp3) is 0.250. The summed E-state index contributed by atoms with van der Waals surface area (Å²) in [6.07, 6.45) is 0. The van der Waals surface area contributed by atoms with E-state index in [1.807, 2.05) is 47.9 Å². The molecule has 2 aromatic heterocycles. The van der Waals surface area contributed by atoms with Crippen LogP contribution in [0.15, 0.2) is 64.1 Å². The Hall–Kier alpha value is -3.56. The van der Waals surface area contributed by atoms with Gasteiger partial charge in [-0.1, -0.05) is 46.8 Å². The van der Waals surface area contributed by atoms with Crippen LogP contribution in [0.5, 0.6) is 0 Å². The van der Waals surface area contributed by atoms with Crippen LogP contribution in [0.25, 0.3) is 21.5 Å². The van der Waals surface area contributed by atoms with E-state index in [2.05, 4.69) is 10.1 Å². The number of rotatable bonds is 8. The van der Waals surface area contributed by atoms with E-state index in [1.165, 1.54) is 11.3 Å². The molecule has 0 N–H and O–H groups in total. The highest BCUT2D eigenvalue weighted by atomic mass is 32.1. The second-order valence-electron chi connectivity index (χ2n) is 7.00. The molecule has 33 heavy (non-hydrogen) atoms. The number of hydrogen-bond donors (Lipinski definition) is 0. The Morgan fingerprint density at radius 1 is 1.09 bits per heavy atom. The maximum atomic E-state index is 12.9. The van der Waals surface area contributed by atoms with Crippen molar-refractivity contribution in [3.05, 3.63) is 70.7 Å². The summed E-state index contributed by atoms with van der Waals surface area (Å²) < 4.78 is 18.7. The predicted octanol–water partition coefficient (Wildman–Crippen LogP) is 4.31. The SMILES string of the molecule is CCOCCn1c(=NC(=O)c2cc(-c3ccccc3)on2)sc2cc(C(=O)OCC)ccc21. The number of carbonyl (C=O) groups is 2. The molecule has 0 saturated carbocycles. The quantitative estimate of drug-likeness (QED) is 0.284. The highest BCUT2D eigenvalue weighted by molar-refractivity contribution is 7.16. The first-order valence-corrected chi connectivity index (χ1v) is 11.4. The van der Waals surface area contributed by atoms with Crippen LogP contribution in [0.4, 0.5) is 0 Å². The zero-order valence-corrected chi connectivity index (χ0v) is 19.1. The summed E-state index contributed by atoms with van der Waals surface area (Å²) in [7, 11) is 0. The van der Waals surface area contributed by atoms with E-state index in [4.69, 9.17) is 14.0 Å². The van der Waals surface area contributed by atoms with E-state index in [1.54, 1.807) is 25.1 Å². The molecule has 0 spiro atoms. The van der Waals surface area contributed by atoms with Gasteiger partial charge in [0.25, 0.3) is 0 Å². The van der Waals surface area contributed by atoms with Gasteiger partial charge in [-0.3, -0.25) is 4.79 Å². The second kappa shape index (κ2) is 10.4. The van der Waals surface area contributed by atoms with Gasteiger partial charge >= 0.3 is 11.9 Å². The Bertz CT molecular complexity index is 1340. The average molecular weight is 466 g/mol. The van der Waals surface area contributed by atoms with Crippen LogP contribution in [0, 0.1) is 0 Å². The number of hydrogen-bond acceptors (Lipinski definition) is 7. The van der Waals surface area contributed by atoms with Gasteiger partial charge in [0.15, 0.2) is 16.3 Å². The van der Waals surface area contributed by atoms with Gasteiger partial charge in [-0.15, -0.1) is 0 Å². The Kier molecular flexibility index (Phi) is 7.11. The molecule has 0 aliphatic carbocycles. The first-order valence-electron chi connectivity index (χ1n) is 10.6. The standard InChI is InChI=1S/C24H23N3O5S/c1-3-30-13-12-27-19-11-10-17(23(29)31-4-2)14-21(19)33-24(27)25-22(28)18-15-20(32-26-18)16-8-6-5-7-9-16/h5-11,14-15H,3-4,12-13H2,1-2H3. The zero-order chi connectivity index (χ0) is 23.2. The fourth-order valence-electron chi connectivity index (χ4n) is 3.27. The minimum Gasteiger partial charge on any atom is -0.462 e. The molecule has 1 amide bonds. The normalized spacial score (nSPS) is 11.8. The predicted molar refractivity (Wildman–Crippen MR) is 124 cm³/mol. The third-order valence-electron chi connectivity index (χ3n) is 4.84. The average Bonchev–Trinajstić information content (AvgIpc) is 3.45. The molecular weight excluding hydrogens is 442 g/mol. The van der Waals surface area contributed by atoms with Crippen LogP contribution in [0.3, 0.4) is 0 Å². The Labute approximate surface area is 194 Å². The topological polar surface area (TPSA) is 95.9 Å². The lowest BCUT2D eigenvalue weighted by Gasteiger charge is -2.06. The Balaban J connectivity index is 1.71. The van der Waals surface area contributed by atoms with Crippen molar-refractivity contribution in [2.24, 2.45) is 4.99 Å². The van der Waals surface area contributed by atoms with Crippen molar-refractivity contribution in [2.45, 2.75) is 20.4 Å². The minimum absolute atomic E-state index is 0.120. The number of thiazole rings is 1. The maximum Gasteiger partial charge on any atom is 0.338 e. The van der Waals surface area contributed by atoms with Crippen LogP contribution in [0.1, 0.15) is 34.7 Å².